The molecule has 0 saturated carbocycles. The van der Waals surface area contributed by atoms with Crippen LogP contribution in [0.4, 0.5) is 0 Å². The number of benzene rings is 2. The van der Waals surface area contributed by atoms with Gasteiger partial charge in [0.2, 0.25) is 0 Å². The van der Waals surface area contributed by atoms with Crippen LogP contribution in [-0.4, -0.2) is 22.2 Å². The van der Waals surface area contributed by atoms with Gasteiger partial charge in [0.05, 0.1) is 0 Å². The third-order valence-electron chi connectivity index (χ3n) is 6.05. The summed E-state index contributed by atoms with van der Waals surface area (Å²) in [5, 5.41) is 18.7. The molecule has 0 aliphatic heterocycles. The summed E-state index contributed by atoms with van der Waals surface area (Å²) in [6.45, 7) is 19.0. The topological polar surface area (TPSA) is 74.6 Å². The predicted octanol–water partition coefficient (Wildman–Crippen LogP) is 7.25. The molecule has 0 unspecified atom stereocenters. The normalized spacial score (nSPS) is 13.6. The SMILES string of the molecule is Cc1cc(C(C)c2cc(C)cc(C(C)(C)C)c2C=CC(=O)O)c(C=CC(=O)O)c(C(C)(C)C)c1. The van der Waals surface area contributed by atoms with Crippen molar-refractivity contribution in [2.45, 2.75) is 79.1 Å². The van der Waals surface area contributed by atoms with E-state index in [1.165, 1.54) is 12.2 Å². The van der Waals surface area contributed by atoms with E-state index < -0.39 is 11.9 Å². The van der Waals surface area contributed by atoms with Crippen molar-refractivity contribution in [3.8, 4) is 0 Å². The molecule has 0 atom stereocenters. The van der Waals surface area contributed by atoms with Gasteiger partial charge in [0.1, 0.15) is 0 Å². The minimum atomic E-state index is -0.991. The van der Waals surface area contributed by atoms with E-state index in [0.717, 1.165) is 44.5 Å². The molecule has 182 valence electrons. The number of carboxylic acids is 2. The average molecular weight is 463 g/mol. The van der Waals surface area contributed by atoms with E-state index in [1.54, 1.807) is 12.2 Å². The van der Waals surface area contributed by atoms with Crippen LogP contribution >= 0.6 is 0 Å². The van der Waals surface area contributed by atoms with Crippen molar-refractivity contribution >= 4 is 24.1 Å². The second-order valence-electron chi connectivity index (χ2n) is 11.2. The highest BCUT2D eigenvalue weighted by Gasteiger charge is 2.26. The van der Waals surface area contributed by atoms with Crippen LogP contribution in [0, 0.1) is 13.8 Å². The lowest BCUT2D eigenvalue weighted by molar-refractivity contribution is -0.132. The first-order chi connectivity index (χ1) is 15.5. The van der Waals surface area contributed by atoms with Crippen molar-refractivity contribution in [3.63, 3.8) is 0 Å². The van der Waals surface area contributed by atoms with Gasteiger partial charge in [-0.3, -0.25) is 0 Å². The fourth-order valence-corrected chi connectivity index (χ4v) is 4.46. The average Bonchev–Trinajstić information content (AvgIpc) is 2.68. The number of carboxylic acid groups (broad SMARTS) is 2. The molecule has 2 rings (SSSR count). The lowest BCUT2D eigenvalue weighted by atomic mass is 9.75. The van der Waals surface area contributed by atoms with Gasteiger partial charge in [-0.1, -0.05) is 83.9 Å². The summed E-state index contributed by atoms with van der Waals surface area (Å²) in [6, 6.07) is 8.48. The van der Waals surface area contributed by atoms with E-state index in [-0.39, 0.29) is 16.7 Å². The molecule has 0 aliphatic rings. The lowest BCUT2D eigenvalue weighted by Crippen LogP contribution is -2.18. The van der Waals surface area contributed by atoms with Crippen LogP contribution in [0.15, 0.2) is 36.4 Å². The Kier molecular flexibility index (Phi) is 7.98. The molecule has 0 aliphatic carbocycles. The summed E-state index contributed by atoms with van der Waals surface area (Å²) in [7, 11) is 0. The Bertz CT molecular complexity index is 1060. The van der Waals surface area contributed by atoms with E-state index in [1.807, 2.05) is 0 Å². The maximum atomic E-state index is 11.4. The molecule has 0 spiro atoms. The Balaban J connectivity index is 2.95. The van der Waals surface area contributed by atoms with Crippen LogP contribution in [-0.2, 0) is 20.4 Å². The molecule has 0 bridgehead atoms. The molecule has 4 nitrogen and oxygen atoms in total. The molecule has 2 aromatic rings. The van der Waals surface area contributed by atoms with Gasteiger partial charge in [-0.2, -0.15) is 0 Å². The van der Waals surface area contributed by atoms with Gasteiger partial charge in [-0.25, -0.2) is 9.59 Å². The third kappa shape index (κ3) is 6.47. The van der Waals surface area contributed by atoms with Crippen molar-refractivity contribution in [3.05, 3.63) is 80.9 Å². The van der Waals surface area contributed by atoms with Gasteiger partial charge in [-0.05, 0) is 70.2 Å². The summed E-state index contributed by atoms with van der Waals surface area (Å²) in [4.78, 5) is 22.8. The van der Waals surface area contributed by atoms with Crippen LogP contribution in [0.25, 0.3) is 12.2 Å². The van der Waals surface area contributed by atoms with Crippen molar-refractivity contribution in [2.75, 3.05) is 0 Å². The molecule has 0 aromatic heterocycles. The Hall–Kier alpha value is -3.14. The summed E-state index contributed by atoms with van der Waals surface area (Å²) in [5.74, 6) is -2.08. The van der Waals surface area contributed by atoms with Crippen molar-refractivity contribution < 1.29 is 19.8 Å². The number of rotatable bonds is 6. The molecule has 2 aromatic carbocycles. The zero-order valence-electron chi connectivity index (χ0n) is 21.9. The van der Waals surface area contributed by atoms with E-state index in [4.69, 9.17) is 0 Å². The van der Waals surface area contributed by atoms with Crippen LogP contribution in [0.5, 0.6) is 0 Å². The quantitative estimate of drug-likeness (QED) is 0.444. The molecule has 0 radical (unpaired) electrons. The first-order valence-corrected chi connectivity index (χ1v) is 11.6. The van der Waals surface area contributed by atoms with Crippen LogP contribution in [0.1, 0.15) is 98.9 Å². The maximum Gasteiger partial charge on any atom is 0.328 e. The van der Waals surface area contributed by atoms with Gasteiger partial charge in [0.25, 0.3) is 0 Å². The van der Waals surface area contributed by atoms with Gasteiger partial charge in [-0.15, -0.1) is 0 Å². The molecule has 0 saturated heterocycles. The fourth-order valence-electron chi connectivity index (χ4n) is 4.46. The zero-order valence-corrected chi connectivity index (χ0v) is 21.9. The first-order valence-electron chi connectivity index (χ1n) is 11.6. The Morgan fingerprint density at radius 1 is 0.706 bits per heavy atom. The highest BCUT2D eigenvalue weighted by molar-refractivity contribution is 5.87. The van der Waals surface area contributed by atoms with Crippen molar-refractivity contribution in [1.29, 1.82) is 0 Å². The monoisotopic (exact) mass is 462 g/mol. The zero-order chi connectivity index (χ0) is 26.0. The smallest absolute Gasteiger partial charge is 0.328 e. The molecular weight excluding hydrogens is 424 g/mol. The number of carbonyl (C=O) groups is 2. The second-order valence-corrected chi connectivity index (χ2v) is 11.2. The van der Waals surface area contributed by atoms with Crippen molar-refractivity contribution in [2.24, 2.45) is 0 Å². The Labute approximate surface area is 204 Å². The summed E-state index contributed by atoms with van der Waals surface area (Å²) >= 11 is 0. The predicted molar refractivity (Wildman–Crippen MR) is 141 cm³/mol. The van der Waals surface area contributed by atoms with E-state index >= 15 is 0 Å². The second kappa shape index (κ2) is 10.0. The first kappa shape index (κ1) is 27.1. The van der Waals surface area contributed by atoms with Gasteiger partial charge in [0.15, 0.2) is 0 Å². The summed E-state index contributed by atoms with van der Waals surface area (Å²) < 4.78 is 0. The Morgan fingerprint density at radius 3 is 1.29 bits per heavy atom. The molecule has 0 fully saturated rings. The van der Waals surface area contributed by atoms with Crippen LogP contribution in [0.2, 0.25) is 0 Å². The molecule has 2 N–H and O–H groups in total. The van der Waals surface area contributed by atoms with Crippen LogP contribution < -0.4 is 0 Å². The number of hydrogen-bond acceptors (Lipinski definition) is 2. The van der Waals surface area contributed by atoms with E-state index in [9.17, 15) is 19.8 Å². The molecule has 34 heavy (non-hydrogen) atoms. The van der Waals surface area contributed by atoms with Gasteiger partial charge >= 0.3 is 11.9 Å². The van der Waals surface area contributed by atoms with Crippen molar-refractivity contribution in [1.82, 2.24) is 0 Å². The minimum Gasteiger partial charge on any atom is -0.478 e. The molecular formula is C30H38O4. The maximum absolute atomic E-state index is 11.4. The standard InChI is InChI=1S/C30H38O4/c1-18-14-23(21(10-12-27(31)32)25(16-18)29(4,5)6)20(3)24-15-19(2)17-26(30(7,8)9)22(24)11-13-28(33)34/h10-17,20H,1-9H3,(H,31,32)(H,33,34). The number of aryl methyl sites for hydroxylation is 2. The number of hydrogen-bond donors (Lipinski definition) is 2. The fraction of sp³-hybridized carbons (Fsp3) is 0.400. The molecule has 0 heterocycles. The third-order valence-corrected chi connectivity index (χ3v) is 6.05. The van der Waals surface area contributed by atoms with E-state index in [2.05, 4.69) is 86.6 Å². The summed E-state index contributed by atoms with van der Waals surface area (Å²) in [6.07, 6.45) is 5.78. The van der Waals surface area contributed by atoms with Gasteiger partial charge in [0, 0.05) is 18.1 Å². The van der Waals surface area contributed by atoms with Gasteiger partial charge < -0.3 is 10.2 Å². The highest BCUT2D eigenvalue weighted by atomic mass is 16.4. The highest BCUT2D eigenvalue weighted by Crippen LogP contribution is 2.40. The largest absolute Gasteiger partial charge is 0.478 e. The minimum absolute atomic E-state index is 0.0936. The molecule has 0 amide bonds. The van der Waals surface area contributed by atoms with E-state index in [0.29, 0.717) is 0 Å². The Morgan fingerprint density at radius 2 is 1.03 bits per heavy atom. The lowest BCUT2D eigenvalue weighted by Gasteiger charge is -2.30. The number of aliphatic carboxylic acids is 2. The molecule has 4 heteroatoms. The summed E-state index contributed by atoms with van der Waals surface area (Å²) in [5.41, 5.74) is 7.85. The van der Waals surface area contributed by atoms with Crippen LogP contribution in [0.3, 0.4) is 0 Å².